The minimum Gasteiger partial charge on any atom is -0.598 e. The number of rotatable bonds is 7. The van der Waals surface area contributed by atoms with Crippen LogP contribution < -0.4 is 9.46 Å². The lowest BCUT2D eigenvalue weighted by Crippen LogP contribution is -2.51. The molecule has 0 aliphatic carbocycles. The summed E-state index contributed by atoms with van der Waals surface area (Å²) >= 11 is -1.42. The van der Waals surface area contributed by atoms with Crippen LogP contribution in [-0.2, 0) is 26.4 Å². The summed E-state index contributed by atoms with van der Waals surface area (Å²) in [6, 6.07) is 4.65. The van der Waals surface area contributed by atoms with Crippen molar-refractivity contribution >= 4 is 17.3 Å². The van der Waals surface area contributed by atoms with Gasteiger partial charge in [0, 0.05) is 23.0 Å². The number of methoxy groups -OCH3 is 1. The van der Waals surface area contributed by atoms with Gasteiger partial charge in [-0.15, -0.1) is 4.72 Å². The predicted molar refractivity (Wildman–Crippen MR) is 94.3 cm³/mol. The molecule has 0 amide bonds. The second-order valence-corrected chi connectivity index (χ2v) is 8.65. The molecule has 0 aliphatic rings. The summed E-state index contributed by atoms with van der Waals surface area (Å²) in [5.41, 5.74) is -0.353. The average molecular weight is 357 g/mol. The summed E-state index contributed by atoms with van der Waals surface area (Å²) in [7, 11) is 1.31. The van der Waals surface area contributed by atoms with Crippen LogP contribution in [0.2, 0.25) is 0 Å². The Morgan fingerprint density at radius 1 is 1.33 bits per heavy atom. The van der Waals surface area contributed by atoms with Crippen LogP contribution in [0.5, 0.6) is 11.5 Å². The van der Waals surface area contributed by atoms with Crippen molar-refractivity contribution in [3.05, 3.63) is 23.8 Å². The molecule has 1 rings (SSSR count). The minimum atomic E-state index is -1.42. The van der Waals surface area contributed by atoms with Crippen molar-refractivity contribution < 1.29 is 23.9 Å². The van der Waals surface area contributed by atoms with Gasteiger partial charge in [-0.2, -0.15) is 0 Å². The van der Waals surface area contributed by atoms with Crippen LogP contribution >= 0.6 is 0 Å². The van der Waals surface area contributed by atoms with Gasteiger partial charge in [0.05, 0.1) is 25.7 Å². The van der Waals surface area contributed by atoms with Gasteiger partial charge in [0.2, 0.25) is 0 Å². The maximum Gasteiger partial charge on any atom is 0.307 e. The van der Waals surface area contributed by atoms with E-state index < -0.39 is 27.6 Å². The van der Waals surface area contributed by atoms with Crippen molar-refractivity contribution in [1.82, 2.24) is 4.72 Å². The number of phenolic OH excluding ortho intramolecular Hbond substituents is 1. The highest BCUT2D eigenvalue weighted by molar-refractivity contribution is 7.90. The number of carbonyl (C=O) groups excluding carboxylic acids is 1. The molecule has 0 saturated carbocycles. The highest BCUT2D eigenvalue weighted by Gasteiger charge is 2.40. The highest BCUT2D eigenvalue weighted by atomic mass is 32.2. The molecule has 1 aromatic rings. The van der Waals surface area contributed by atoms with Crippen molar-refractivity contribution in [2.45, 2.75) is 51.3 Å². The van der Waals surface area contributed by atoms with E-state index in [9.17, 15) is 14.5 Å². The van der Waals surface area contributed by atoms with E-state index in [0.29, 0.717) is 17.9 Å². The number of ether oxygens (including phenoxy) is 2. The van der Waals surface area contributed by atoms with E-state index in [0.717, 1.165) is 0 Å². The third-order valence-corrected chi connectivity index (χ3v) is 5.21. The summed E-state index contributed by atoms with van der Waals surface area (Å²) in [6.45, 7) is 9.51. The summed E-state index contributed by atoms with van der Waals surface area (Å²) in [4.78, 5) is 11.9. The number of aromatic hydroxyl groups is 1. The first-order valence-corrected chi connectivity index (χ1v) is 8.91. The molecule has 2 N–H and O–H groups in total. The predicted octanol–water partition coefficient (Wildman–Crippen LogP) is 2.62. The van der Waals surface area contributed by atoms with E-state index in [1.54, 1.807) is 13.0 Å². The lowest BCUT2D eigenvalue weighted by atomic mass is 9.89. The second-order valence-electron chi connectivity index (χ2n) is 6.68. The molecule has 0 fully saturated rings. The van der Waals surface area contributed by atoms with Crippen molar-refractivity contribution in [1.29, 1.82) is 0 Å². The average Bonchev–Trinajstić information content (AvgIpc) is 2.46. The summed E-state index contributed by atoms with van der Waals surface area (Å²) < 4.78 is 25.5. The fourth-order valence-electron chi connectivity index (χ4n) is 2.15. The first kappa shape index (κ1) is 20.6. The van der Waals surface area contributed by atoms with E-state index in [4.69, 9.17) is 9.47 Å². The number of esters is 1. The number of carbonyl (C=O) groups is 1. The first-order chi connectivity index (χ1) is 11.0. The Bertz CT molecular complexity index is 573. The van der Waals surface area contributed by atoms with Gasteiger partial charge in [0.25, 0.3) is 0 Å². The van der Waals surface area contributed by atoms with Gasteiger partial charge in [0.15, 0.2) is 0 Å². The van der Waals surface area contributed by atoms with Gasteiger partial charge in [-0.1, -0.05) is 0 Å². The van der Waals surface area contributed by atoms with Gasteiger partial charge < -0.3 is 19.1 Å². The van der Waals surface area contributed by atoms with Crippen LogP contribution in [0.4, 0.5) is 0 Å². The number of hydrogen-bond acceptors (Lipinski definition) is 6. The third-order valence-electron chi connectivity index (χ3n) is 3.46. The van der Waals surface area contributed by atoms with Gasteiger partial charge in [0.1, 0.15) is 16.2 Å². The molecule has 0 radical (unpaired) electrons. The van der Waals surface area contributed by atoms with Crippen molar-refractivity contribution in [2.75, 3.05) is 13.7 Å². The third kappa shape index (κ3) is 5.29. The van der Waals surface area contributed by atoms with Crippen molar-refractivity contribution in [2.24, 2.45) is 0 Å². The van der Waals surface area contributed by atoms with Crippen molar-refractivity contribution in [3.63, 3.8) is 0 Å². The van der Waals surface area contributed by atoms with Crippen LogP contribution in [0.1, 0.15) is 46.6 Å². The fourth-order valence-corrected chi connectivity index (χ4v) is 3.04. The maximum atomic E-state index is 12.6. The van der Waals surface area contributed by atoms with Crippen LogP contribution in [0.3, 0.4) is 0 Å². The van der Waals surface area contributed by atoms with Crippen LogP contribution in [0, 0.1) is 0 Å². The number of phenols is 1. The number of hydrogen-bond donors (Lipinski definition) is 2. The molecule has 0 aliphatic heterocycles. The molecule has 0 spiro atoms. The van der Waals surface area contributed by atoms with Gasteiger partial charge >= 0.3 is 5.97 Å². The summed E-state index contributed by atoms with van der Waals surface area (Å²) in [5, 5.41) is 9.72. The molecule has 1 aromatic carbocycles. The molecule has 0 bridgehead atoms. The molecule has 136 valence electrons. The molecule has 7 heteroatoms. The van der Waals surface area contributed by atoms with Gasteiger partial charge in [-0.3, -0.25) is 4.79 Å². The Hall–Kier alpha value is -1.44. The normalized spacial score (nSPS) is 15.5. The van der Waals surface area contributed by atoms with E-state index in [-0.39, 0.29) is 12.2 Å². The molecule has 1 unspecified atom stereocenters. The van der Waals surface area contributed by atoms with Crippen molar-refractivity contribution in [3.8, 4) is 11.5 Å². The smallest absolute Gasteiger partial charge is 0.307 e. The molecule has 0 saturated heterocycles. The zero-order valence-corrected chi connectivity index (χ0v) is 16.0. The number of nitrogens with one attached hydrogen (secondary N) is 1. The standard InChI is InChI=1S/C17H27NO5S/c1-7-23-14-10-12(19)8-9-13(14)17(5,11-15(20)22-6)18-24(21)16(2,3)4/h8-10,18-19H,7,11H2,1-6H3/t17-,24?/m1/s1. The topological polar surface area (TPSA) is 90.9 Å². The molecule has 0 aromatic heterocycles. The van der Waals surface area contributed by atoms with E-state index in [1.165, 1.54) is 19.2 Å². The summed E-state index contributed by atoms with van der Waals surface area (Å²) in [6.07, 6.45) is -0.0316. The SMILES string of the molecule is CCOc1cc(O)ccc1[C@@](C)(CC(=O)OC)N[S+]([O-])C(C)(C)C. The summed E-state index contributed by atoms with van der Waals surface area (Å²) in [5.74, 6) is 0.0494. The van der Waals surface area contributed by atoms with E-state index in [2.05, 4.69) is 4.72 Å². The monoisotopic (exact) mass is 357 g/mol. The second kappa shape index (κ2) is 8.09. The highest BCUT2D eigenvalue weighted by Crippen LogP contribution is 2.37. The van der Waals surface area contributed by atoms with Crippen LogP contribution in [-0.4, -0.2) is 34.1 Å². The fraction of sp³-hybridized carbons (Fsp3) is 0.588. The Kier molecular flexibility index (Phi) is 6.95. The van der Waals surface area contributed by atoms with Crippen LogP contribution in [0.15, 0.2) is 18.2 Å². The maximum absolute atomic E-state index is 12.6. The Labute approximate surface area is 146 Å². The molecular weight excluding hydrogens is 330 g/mol. The molecular formula is C17H27NO5S. The Balaban J connectivity index is 3.34. The minimum absolute atomic E-state index is 0.0316. The zero-order chi connectivity index (χ0) is 18.5. The molecule has 6 nitrogen and oxygen atoms in total. The molecule has 0 heterocycles. The Morgan fingerprint density at radius 3 is 2.46 bits per heavy atom. The van der Waals surface area contributed by atoms with Gasteiger partial charge in [-0.25, -0.2) is 0 Å². The quantitative estimate of drug-likeness (QED) is 0.576. The molecule has 24 heavy (non-hydrogen) atoms. The van der Waals surface area contributed by atoms with Crippen LogP contribution in [0.25, 0.3) is 0 Å². The Morgan fingerprint density at radius 2 is 1.96 bits per heavy atom. The first-order valence-electron chi connectivity index (χ1n) is 7.76. The van der Waals surface area contributed by atoms with E-state index in [1.807, 2.05) is 27.7 Å². The lowest BCUT2D eigenvalue weighted by molar-refractivity contribution is -0.142. The molecule has 2 atom stereocenters. The zero-order valence-electron chi connectivity index (χ0n) is 15.1. The lowest BCUT2D eigenvalue weighted by Gasteiger charge is -2.35. The largest absolute Gasteiger partial charge is 0.598 e. The van der Waals surface area contributed by atoms with E-state index >= 15 is 0 Å². The van der Waals surface area contributed by atoms with Gasteiger partial charge in [-0.05, 0) is 46.8 Å². The number of benzene rings is 1.